The van der Waals surface area contributed by atoms with Crippen LogP contribution in [0.4, 0.5) is 19.1 Å². The summed E-state index contributed by atoms with van der Waals surface area (Å²) in [7, 11) is 0. The topological polar surface area (TPSA) is 95.0 Å². The number of hydrogen-bond acceptors (Lipinski definition) is 5. The van der Waals surface area contributed by atoms with Crippen molar-refractivity contribution in [1.29, 1.82) is 0 Å². The van der Waals surface area contributed by atoms with Crippen molar-refractivity contribution in [3.63, 3.8) is 0 Å². The highest BCUT2D eigenvalue weighted by atomic mass is 19.4. The largest absolute Gasteiger partial charge is 0.480 e. The lowest BCUT2D eigenvalue weighted by Gasteiger charge is -2.22. The van der Waals surface area contributed by atoms with Gasteiger partial charge in [-0.25, -0.2) is 14.8 Å². The number of anilines is 1. The highest BCUT2D eigenvalue weighted by molar-refractivity contribution is 5.95. The van der Waals surface area contributed by atoms with E-state index in [4.69, 9.17) is 0 Å². The summed E-state index contributed by atoms with van der Waals surface area (Å²) >= 11 is 0. The van der Waals surface area contributed by atoms with E-state index in [-0.39, 0.29) is 17.5 Å². The normalized spacial score (nSPS) is 29.2. The summed E-state index contributed by atoms with van der Waals surface area (Å²) in [4.78, 5) is 22.2. The Labute approximate surface area is 161 Å². The SMILES string of the molecule is Cc1nc(N2C(C(=O)O)C3C4C3C42)ncc1-c1cc(C(F)(F)F)cc2[nH]ncc12. The Morgan fingerprint density at radius 2 is 1.93 bits per heavy atom. The Balaban J connectivity index is 1.45. The molecule has 3 atom stereocenters. The van der Waals surface area contributed by atoms with Crippen LogP contribution in [-0.2, 0) is 11.0 Å². The molecule has 1 aromatic carbocycles. The number of hydrogen-bond donors (Lipinski definition) is 2. The molecule has 2 N–H and O–H groups in total. The number of benzene rings is 1. The number of nitrogens with one attached hydrogen (secondary N) is 1. The minimum Gasteiger partial charge on any atom is -0.480 e. The first kappa shape index (κ1) is 16.8. The van der Waals surface area contributed by atoms with Crippen LogP contribution in [0.25, 0.3) is 22.0 Å². The number of H-pyrrole nitrogens is 1. The monoisotopic (exact) mass is 401 g/mol. The zero-order valence-corrected chi connectivity index (χ0v) is 15.0. The molecule has 2 aliphatic carbocycles. The molecule has 4 heterocycles. The van der Waals surface area contributed by atoms with Crippen molar-refractivity contribution in [2.45, 2.75) is 25.2 Å². The molecule has 29 heavy (non-hydrogen) atoms. The third-order valence-corrected chi connectivity index (χ3v) is 6.45. The summed E-state index contributed by atoms with van der Waals surface area (Å²) in [5.74, 6) is 0.467. The van der Waals surface area contributed by atoms with Gasteiger partial charge in [-0.1, -0.05) is 0 Å². The molecular weight excluding hydrogens is 387 g/mol. The fourth-order valence-corrected chi connectivity index (χ4v) is 5.02. The van der Waals surface area contributed by atoms with Gasteiger partial charge in [0, 0.05) is 29.1 Å². The fourth-order valence-electron chi connectivity index (χ4n) is 5.02. The van der Waals surface area contributed by atoms with E-state index in [9.17, 15) is 23.1 Å². The fraction of sp³-hybridized carbons (Fsp3) is 0.368. The molecule has 7 rings (SSSR count). The maximum atomic E-state index is 13.3. The van der Waals surface area contributed by atoms with E-state index in [1.807, 2.05) is 0 Å². The zero-order valence-electron chi connectivity index (χ0n) is 15.0. The molecule has 2 aromatic heterocycles. The van der Waals surface area contributed by atoms with Gasteiger partial charge in [0.05, 0.1) is 23.0 Å². The quantitative estimate of drug-likeness (QED) is 0.701. The maximum absolute atomic E-state index is 13.3. The Morgan fingerprint density at radius 1 is 1.17 bits per heavy atom. The van der Waals surface area contributed by atoms with E-state index < -0.39 is 23.8 Å². The standard InChI is InChI=1S/C19H14F3N5O2/c1-6-9(8-2-7(19(20,21)22)3-11-10(8)5-24-26-11)4-23-18(25-6)27-15-12-13(15)14(12)16(27)17(28)29/h2-5,12-16H,1H3,(H,24,26)(H,28,29). The molecule has 0 amide bonds. The van der Waals surface area contributed by atoms with Gasteiger partial charge in [0.15, 0.2) is 0 Å². The van der Waals surface area contributed by atoms with Crippen LogP contribution < -0.4 is 4.90 Å². The second-order valence-electron chi connectivity index (χ2n) is 7.93. The van der Waals surface area contributed by atoms with Gasteiger partial charge in [-0.15, -0.1) is 0 Å². The van der Waals surface area contributed by atoms with Crippen LogP contribution in [0.1, 0.15) is 11.3 Å². The number of nitrogens with zero attached hydrogens (tertiary/aromatic N) is 4. The first-order valence-corrected chi connectivity index (χ1v) is 9.17. The number of aryl methyl sites for hydroxylation is 1. The highest BCUT2D eigenvalue weighted by Crippen LogP contribution is 2.78. The number of aliphatic carboxylic acids is 1. The lowest BCUT2D eigenvalue weighted by atomic mass is 9.99. The second-order valence-corrected chi connectivity index (χ2v) is 7.93. The number of rotatable bonds is 3. The molecule has 148 valence electrons. The predicted molar refractivity (Wildman–Crippen MR) is 95.0 cm³/mol. The van der Waals surface area contributed by atoms with Crippen LogP contribution in [0.5, 0.6) is 0 Å². The number of fused-ring (bicyclic) bond motifs is 2. The Morgan fingerprint density at radius 3 is 2.59 bits per heavy atom. The maximum Gasteiger partial charge on any atom is 0.416 e. The van der Waals surface area contributed by atoms with Gasteiger partial charge in [-0.2, -0.15) is 18.3 Å². The molecule has 4 fully saturated rings. The van der Waals surface area contributed by atoms with Crippen LogP contribution >= 0.6 is 0 Å². The number of carboxylic acid groups (broad SMARTS) is 1. The van der Waals surface area contributed by atoms with Gasteiger partial charge in [0.1, 0.15) is 6.04 Å². The number of aromatic amines is 1. The van der Waals surface area contributed by atoms with E-state index >= 15 is 0 Å². The second kappa shape index (κ2) is 5.05. The Kier molecular flexibility index (Phi) is 2.92. The van der Waals surface area contributed by atoms with Gasteiger partial charge in [-0.3, -0.25) is 5.10 Å². The van der Waals surface area contributed by atoms with Crippen molar-refractivity contribution in [2.75, 3.05) is 4.90 Å². The van der Waals surface area contributed by atoms with Crippen molar-refractivity contribution in [1.82, 2.24) is 20.2 Å². The van der Waals surface area contributed by atoms with E-state index in [0.29, 0.717) is 40.0 Å². The van der Waals surface area contributed by atoms with E-state index in [0.717, 1.165) is 12.1 Å². The van der Waals surface area contributed by atoms with Gasteiger partial charge in [0.25, 0.3) is 0 Å². The molecule has 4 aliphatic rings. The molecule has 0 radical (unpaired) electrons. The summed E-state index contributed by atoms with van der Waals surface area (Å²) < 4.78 is 40.0. The number of carboxylic acids is 1. The minimum absolute atomic E-state index is 0.176. The molecule has 2 aliphatic heterocycles. The molecular formula is C19H14F3N5O2. The summed E-state index contributed by atoms with van der Waals surface area (Å²) in [6, 6.07) is 1.66. The number of aromatic nitrogens is 4. The third kappa shape index (κ3) is 2.14. The van der Waals surface area contributed by atoms with Crippen LogP contribution in [-0.4, -0.2) is 43.3 Å². The lowest BCUT2D eigenvalue weighted by molar-refractivity contribution is -0.139. The van der Waals surface area contributed by atoms with Crippen molar-refractivity contribution >= 4 is 22.8 Å². The molecule has 3 aromatic rings. The summed E-state index contributed by atoms with van der Waals surface area (Å²) in [5.41, 5.74) is 0.756. The first-order chi connectivity index (χ1) is 13.8. The third-order valence-electron chi connectivity index (χ3n) is 6.45. The number of piperidine rings is 1. The zero-order chi connectivity index (χ0) is 20.2. The van der Waals surface area contributed by atoms with Gasteiger partial charge >= 0.3 is 12.1 Å². The van der Waals surface area contributed by atoms with Crippen LogP contribution in [0.3, 0.4) is 0 Å². The number of alkyl halides is 3. The molecule has 2 saturated carbocycles. The van der Waals surface area contributed by atoms with Gasteiger partial charge < -0.3 is 10.0 Å². The van der Waals surface area contributed by atoms with Crippen molar-refractivity contribution < 1.29 is 23.1 Å². The van der Waals surface area contributed by atoms with Crippen molar-refractivity contribution in [3.8, 4) is 11.1 Å². The van der Waals surface area contributed by atoms with Crippen LogP contribution in [0.2, 0.25) is 0 Å². The number of halogens is 3. The first-order valence-electron chi connectivity index (χ1n) is 9.17. The van der Waals surface area contributed by atoms with Crippen molar-refractivity contribution in [2.24, 2.45) is 17.8 Å². The average Bonchev–Trinajstić information content (AvgIpc) is 3.35. The lowest BCUT2D eigenvalue weighted by Crippen LogP contribution is -2.37. The van der Waals surface area contributed by atoms with Gasteiger partial charge in [-0.05, 0) is 36.5 Å². The number of carbonyl (C=O) groups is 1. The Bertz CT molecular complexity index is 1200. The summed E-state index contributed by atoms with van der Waals surface area (Å²) in [6.45, 7) is 1.69. The van der Waals surface area contributed by atoms with Crippen LogP contribution in [0.15, 0.2) is 24.5 Å². The average molecular weight is 401 g/mol. The van der Waals surface area contributed by atoms with E-state index in [1.54, 1.807) is 11.8 Å². The summed E-state index contributed by atoms with van der Waals surface area (Å²) in [6.07, 6.45) is -1.56. The molecule has 7 nitrogen and oxygen atoms in total. The van der Waals surface area contributed by atoms with E-state index in [1.165, 1.54) is 12.4 Å². The van der Waals surface area contributed by atoms with E-state index in [2.05, 4.69) is 20.2 Å². The molecule has 2 saturated heterocycles. The smallest absolute Gasteiger partial charge is 0.416 e. The minimum atomic E-state index is -4.50. The van der Waals surface area contributed by atoms with Crippen molar-refractivity contribution in [3.05, 3.63) is 35.8 Å². The molecule has 10 heteroatoms. The van der Waals surface area contributed by atoms with Crippen LogP contribution in [0, 0.1) is 24.7 Å². The molecule has 2 bridgehead atoms. The predicted octanol–water partition coefficient (Wildman–Crippen LogP) is 2.86. The molecule has 0 spiro atoms. The highest BCUT2D eigenvalue weighted by Gasteiger charge is 2.86. The van der Waals surface area contributed by atoms with Gasteiger partial charge in [0.2, 0.25) is 5.95 Å². The Hall–Kier alpha value is -3.17. The summed E-state index contributed by atoms with van der Waals surface area (Å²) in [5, 5.41) is 16.5. The molecule has 3 unspecified atom stereocenters.